The molecule has 0 spiro atoms. The summed E-state index contributed by atoms with van der Waals surface area (Å²) in [5, 5.41) is 4.30. The molecule has 0 fully saturated rings. The third-order valence-corrected chi connectivity index (χ3v) is 3.38. The summed E-state index contributed by atoms with van der Waals surface area (Å²) in [6.07, 6.45) is 1.68. The van der Waals surface area contributed by atoms with Crippen LogP contribution in [-0.4, -0.2) is 31.0 Å². The average Bonchev–Trinajstić information content (AvgIpc) is 2.52. The Morgan fingerprint density at radius 3 is 2.64 bits per heavy atom. The van der Waals surface area contributed by atoms with Gasteiger partial charge in [-0.1, -0.05) is 18.2 Å². The van der Waals surface area contributed by atoms with Crippen LogP contribution in [0.2, 0.25) is 0 Å². The number of aromatic nitrogens is 1. The molecule has 1 aromatic heterocycles. The van der Waals surface area contributed by atoms with E-state index in [9.17, 15) is 0 Å². The molecule has 3 N–H and O–H groups in total. The molecule has 2 rings (SSSR count). The summed E-state index contributed by atoms with van der Waals surface area (Å²) >= 11 is 0. The zero-order valence-electron chi connectivity index (χ0n) is 13.3. The minimum Gasteiger partial charge on any atom is -0.398 e. The topological polar surface area (TPSA) is 69.4 Å². The largest absolute Gasteiger partial charge is 0.398 e. The van der Waals surface area contributed by atoms with Crippen molar-refractivity contribution in [2.75, 3.05) is 30.8 Å². The molecule has 0 aliphatic rings. The van der Waals surface area contributed by atoms with E-state index in [1.54, 1.807) is 0 Å². The van der Waals surface area contributed by atoms with Crippen LogP contribution >= 0.6 is 0 Å². The Morgan fingerprint density at radius 1 is 1.18 bits per heavy atom. The molecule has 0 aliphatic heterocycles. The van der Waals surface area contributed by atoms with E-state index in [1.807, 2.05) is 44.2 Å². The highest BCUT2D eigenvalue weighted by Gasteiger charge is 2.07. The third kappa shape index (κ3) is 4.58. The van der Waals surface area contributed by atoms with Gasteiger partial charge in [0.25, 0.3) is 0 Å². The highest BCUT2D eigenvalue weighted by molar-refractivity contribution is 5.91. The number of nitrogens with one attached hydrogen (secondary N) is 1. The molecule has 22 heavy (non-hydrogen) atoms. The highest BCUT2D eigenvalue weighted by atomic mass is 16.7. The van der Waals surface area contributed by atoms with Gasteiger partial charge in [-0.05, 0) is 26.3 Å². The standard InChI is InChI=1S/C17H25N3O2/c1-3-21-17(22-4-2)10-7-11-19-16-12-14(18)13-8-5-6-9-15(13)20-16/h5-6,8-9,12,17H,3-4,7,10-11H2,1-2H3,(H3,18,19,20). The van der Waals surface area contributed by atoms with Crippen LogP contribution in [0.3, 0.4) is 0 Å². The Hall–Kier alpha value is -1.85. The summed E-state index contributed by atoms with van der Waals surface area (Å²) in [5.41, 5.74) is 7.72. The zero-order chi connectivity index (χ0) is 15.8. The molecule has 1 aromatic carbocycles. The number of benzene rings is 1. The van der Waals surface area contributed by atoms with Gasteiger partial charge in [-0.3, -0.25) is 0 Å². The maximum atomic E-state index is 6.07. The summed E-state index contributed by atoms with van der Waals surface area (Å²) in [4.78, 5) is 4.57. The van der Waals surface area contributed by atoms with Crippen molar-refractivity contribution in [1.29, 1.82) is 0 Å². The van der Waals surface area contributed by atoms with Crippen LogP contribution in [0.4, 0.5) is 11.5 Å². The van der Waals surface area contributed by atoms with Crippen molar-refractivity contribution in [3.05, 3.63) is 30.3 Å². The van der Waals surface area contributed by atoms with E-state index in [1.165, 1.54) is 0 Å². The van der Waals surface area contributed by atoms with Gasteiger partial charge in [-0.15, -0.1) is 0 Å². The maximum Gasteiger partial charge on any atom is 0.157 e. The van der Waals surface area contributed by atoms with Crippen LogP contribution < -0.4 is 11.1 Å². The summed E-state index contributed by atoms with van der Waals surface area (Å²) in [5.74, 6) is 0.806. The minimum absolute atomic E-state index is 0.119. The lowest BCUT2D eigenvalue weighted by atomic mass is 10.2. The first kappa shape index (κ1) is 16.5. The number of fused-ring (bicyclic) bond motifs is 1. The molecule has 0 saturated carbocycles. The number of hydrogen-bond acceptors (Lipinski definition) is 5. The van der Waals surface area contributed by atoms with Crippen LogP contribution in [0.5, 0.6) is 0 Å². The van der Waals surface area contributed by atoms with Crippen molar-refractivity contribution in [2.45, 2.75) is 33.0 Å². The lowest BCUT2D eigenvalue weighted by molar-refractivity contribution is -0.139. The van der Waals surface area contributed by atoms with Gasteiger partial charge in [-0.2, -0.15) is 0 Å². The van der Waals surface area contributed by atoms with Gasteiger partial charge >= 0.3 is 0 Å². The predicted octanol–water partition coefficient (Wildman–Crippen LogP) is 3.41. The fourth-order valence-electron chi connectivity index (χ4n) is 2.36. The van der Waals surface area contributed by atoms with Crippen molar-refractivity contribution in [3.8, 4) is 0 Å². The van der Waals surface area contributed by atoms with Crippen molar-refractivity contribution < 1.29 is 9.47 Å². The van der Waals surface area contributed by atoms with Gasteiger partial charge in [-0.25, -0.2) is 4.98 Å². The first-order chi connectivity index (χ1) is 10.7. The molecule has 0 unspecified atom stereocenters. The summed E-state index contributed by atoms with van der Waals surface area (Å²) < 4.78 is 11.1. The maximum absolute atomic E-state index is 6.07. The van der Waals surface area contributed by atoms with Crippen LogP contribution in [0.1, 0.15) is 26.7 Å². The number of hydrogen-bond donors (Lipinski definition) is 2. The first-order valence-corrected chi connectivity index (χ1v) is 7.87. The van der Waals surface area contributed by atoms with E-state index in [2.05, 4.69) is 10.3 Å². The van der Waals surface area contributed by atoms with Crippen LogP contribution in [0.15, 0.2) is 30.3 Å². The molecule has 5 nitrogen and oxygen atoms in total. The Morgan fingerprint density at radius 2 is 1.91 bits per heavy atom. The lowest BCUT2D eigenvalue weighted by Gasteiger charge is -2.17. The number of pyridine rings is 1. The molecule has 0 radical (unpaired) electrons. The summed E-state index contributed by atoms with van der Waals surface area (Å²) in [7, 11) is 0. The van der Waals surface area contributed by atoms with Crippen LogP contribution in [0, 0.1) is 0 Å². The molecule has 0 saturated heterocycles. The Balaban J connectivity index is 1.86. The monoisotopic (exact) mass is 303 g/mol. The van der Waals surface area contributed by atoms with Crippen molar-refractivity contribution >= 4 is 22.4 Å². The Labute approximate surface area is 131 Å². The van der Waals surface area contributed by atoms with Crippen LogP contribution in [-0.2, 0) is 9.47 Å². The SMILES string of the molecule is CCOC(CCCNc1cc(N)c2ccccc2n1)OCC. The quantitative estimate of drug-likeness (QED) is 0.549. The Bertz CT molecular complexity index is 583. The second-order valence-corrected chi connectivity index (χ2v) is 5.02. The minimum atomic E-state index is -0.119. The van der Waals surface area contributed by atoms with Gasteiger partial charge in [0.15, 0.2) is 6.29 Å². The molecule has 0 bridgehead atoms. The Kier molecular flexibility index (Phi) is 6.43. The molecule has 5 heteroatoms. The molecular weight excluding hydrogens is 278 g/mol. The second-order valence-electron chi connectivity index (χ2n) is 5.02. The number of rotatable bonds is 9. The van der Waals surface area contributed by atoms with Gasteiger partial charge in [0.2, 0.25) is 0 Å². The molecular formula is C17H25N3O2. The number of nitrogens with two attached hydrogens (primary N) is 1. The van der Waals surface area contributed by atoms with E-state index in [-0.39, 0.29) is 6.29 Å². The number of para-hydroxylation sites is 1. The molecule has 0 amide bonds. The van der Waals surface area contributed by atoms with E-state index in [0.717, 1.165) is 41.8 Å². The first-order valence-electron chi connectivity index (χ1n) is 7.87. The van der Waals surface area contributed by atoms with Gasteiger partial charge in [0.05, 0.1) is 5.52 Å². The van der Waals surface area contributed by atoms with E-state index in [0.29, 0.717) is 13.2 Å². The van der Waals surface area contributed by atoms with E-state index < -0.39 is 0 Å². The number of nitrogens with zero attached hydrogens (tertiary/aromatic N) is 1. The fourth-order valence-corrected chi connectivity index (χ4v) is 2.36. The fraction of sp³-hybridized carbons (Fsp3) is 0.471. The van der Waals surface area contributed by atoms with Crippen molar-refractivity contribution in [2.24, 2.45) is 0 Å². The van der Waals surface area contributed by atoms with Crippen molar-refractivity contribution in [1.82, 2.24) is 4.98 Å². The van der Waals surface area contributed by atoms with E-state index in [4.69, 9.17) is 15.2 Å². The molecule has 120 valence electrons. The van der Waals surface area contributed by atoms with Crippen LogP contribution in [0.25, 0.3) is 10.9 Å². The lowest BCUT2D eigenvalue weighted by Crippen LogP contribution is -2.18. The van der Waals surface area contributed by atoms with Crippen molar-refractivity contribution in [3.63, 3.8) is 0 Å². The summed E-state index contributed by atoms with van der Waals surface area (Å²) in [6.45, 7) is 6.10. The molecule has 1 heterocycles. The highest BCUT2D eigenvalue weighted by Crippen LogP contribution is 2.22. The van der Waals surface area contributed by atoms with Gasteiger partial charge in [0.1, 0.15) is 5.82 Å². The summed E-state index contributed by atoms with van der Waals surface area (Å²) in [6, 6.07) is 9.76. The normalized spacial score (nSPS) is 11.2. The average molecular weight is 303 g/mol. The smallest absolute Gasteiger partial charge is 0.157 e. The predicted molar refractivity (Wildman–Crippen MR) is 90.9 cm³/mol. The van der Waals surface area contributed by atoms with Gasteiger partial charge in [0, 0.05) is 43.3 Å². The number of ether oxygens (including phenoxy) is 2. The third-order valence-electron chi connectivity index (χ3n) is 3.38. The molecule has 0 aliphatic carbocycles. The number of nitrogen functional groups attached to an aromatic ring is 1. The second kappa shape index (κ2) is 8.56. The van der Waals surface area contributed by atoms with E-state index >= 15 is 0 Å². The molecule has 2 aromatic rings. The van der Waals surface area contributed by atoms with Gasteiger partial charge < -0.3 is 20.5 Å². The molecule has 0 atom stereocenters. The number of anilines is 2. The zero-order valence-corrected chi connectivity index (χ0v) is 13.3.